The number of rotatable bonds is 11. The summed E-state index contributed by atoms with van der Waals surface area (Å²) in [5.41, 5.74) is 1.72. The van der Waals surface area contributed by atoms with Crippen molar-refractivity contribution in [3.8, 4) is 0 Å². The van der Waals surface area contributed by atoms with Crippen LogP contribution in [0.5, 0.6) is 0 Å². The Labute approximate surface area is 229 Å². The Bertz CT molecular complexity index is 1360. The van der Waals surface area contributed by atoms with Gasteiger partial charge in [-0.3, -0.25) is 13.9 Å². The molecule has 1 aliphatic carbocycles. The first-order valence-electron chi connectivity index (χ1n) is 13.1. The number of hydrogen-bond acceptors (Lipinski definition) is 4. The van der Waals surface area contributed by atoms with Crippen LogP contribution in [0.25, 0.3) is 0 Å². The quantitative estimate of drug-likeness (QED) is 0.385. The van der Waals surface area contributed by atoms with Gasteiger partial charge in [0.2, 0.25) is 21.8 Å². The van der Waals surface area contributed by atoms with Gasteiger partial charge in [0.15, 0.2) is 0 Å². The predicted octanol–water partition coefficient (Wildman–Crippen LogP) is 4.29. The summed E-state index contributed by atoms with van der Waals surface area (Å²) in [7, 11) is -3.94. The van der Waals surface area contributed by atoms with Crippen LogP contribution in [0.3, 0.4) is 0 Å². The Morgan fingerprint density at radius 3 is 2.13 bits per heavy atom. The number of carbonyl (C=O) groups excluding carboxylic acids is 2. The van der Waals surface area contributed by atoms with E-state index in [4.69, 9.17) is 0 Å². The molecule has 9 heteroatoms. The number of amides is 2. The summed E-state index contributed by atoms with van der Waals surface area (Å²) in [4.78, 5) is 29.2. The van der Waals surface area contributed by atoms with Gasteiger partial charge in [0.05, 0.1) is 11.9 Å². The molecule has 0 bridgehead atoms. The fourth-order valence-corrected chi connectivity index (χ4v) is 5.79. The van der Waals surface area contributed by atoms with Gasteiger partial charge in [-0.15, -0.1) is 0 Å². The van der Waals surface area contributed by atoms with Crippen LogP contribution in [-0.2, 0) is 32.6 Å². The van der Waals surface area contributed by atoms with E-state index < -0.39 is 34.3 Å². The molecule has 2 amide bonds. The number of sulfonamides is 1. The van der Waals surface area contributed by atoms with Gasteiger partial charge in [-0.25, -0.2) is 12.8 Å². The first-order chi connectivity index (χ1) is 18.7. The van der Waals surface area contributed by atoms with E-state index in [1.54, 1.807) is 0 Å². The monoisotopic (exact) mass is 551 g/mol. The van der Waals surface area contributed by atoms with Crippen LogP contribution >= 0.6 is 0 Å². The second-order valence-electron chi connectivity index (χ2n) is 9.95. The minimum absolute atomic E-state index is 0.0422. The molecule has 0 spiro atoms. The molecule has 0 radical (unpaired) electrons. The third-order valence-corrected chi connectivity index (χ3v) is 8.08. The Kier molecular flexibility index (Phi) is 9.35. The Morgan fingerprint density at radius 2 is 1.54 bits per heavy atom. The first kappa shape index (κ1) is 28.3. The Balaban J connectivity index is 1.70. The number of anilines is 1. The van der Waals surface area contributed by atoms with Gasteiger partial charge < -0.3 is 10.2 Å². The molecule has 3 aromatic carbocycles. The Hall–Kier alpha value is -3.72. The lowest BCUT2D eigenvalue weighted by molar-refractivity contribution is -0.140. The van der Waals surface area contributed by atoms with Crippen LogP contribution in [0.4, 0.5) is 10.1 Å². The van der Waals surface area contributed by atoms with Gasteiger partial charge in [-0.2, -0.15) is 0 Å². The highest BCUT2D eigenvalue weighted by Gasteiger charge is 2.34. The molecule has 1 N–H and O–H groups in total. The van der Waals surface area contributed by atoms with E-state index in [0.717, 1.165) is 53.4 Å². The zero-order valence-corrected chi connectivity index (χ0v) is 22.8. The molecule has 3 aromatic rings. The first-order valence-corrected chi connectivity index (χ1v) is 15.0. The maximum Gasteiger partial charge on any atom is 0.244 e. The van der Waals surface area contributed by atoms with Crippen molar-refractivity contribution >= 4 is 27.5 Å². The largest absolute Gasteiger partial charge is 0.352 e. The summed E-state index contributed by atoms with van der Waals surface area (Å²) in [5.74, 6) is -1.45. The third-order valence-electron chi connectivity index (χ3n) is 6.94. The van der Waals surface area contributed by atoms with E-state index >= 15 is 0 Å². The van der Waals surface area contributed by atoms with Crippen molar-refractivity contribution in [3.63, 3.8) is 0 Å². The fourth-order valence-electron chi connectivity index (χ4n) is 4.95. The van der Waals surface area contributed by atoms with E-state index in [2.05, 4.69) is 5.32 Å². The molecule has 0 aromatic heterocycles. The van der Waals surface area contributed by atoms with Crippen LogP contribution in [0.2, 0.25) is 0 Å². The molecule has 1 saturated carbocycles. The molecule has 39 heavy (non-hydrogen) atoms. The molecule has 7 nitrogen and oxygen atoms in total. The minimum Gasteiger partial charge on any atom is -0.352 e. The van der Waals surface area contributed by atoms with E-state index in [9.17, 15) is 22.4 Å². The van der Waals surface area contributed by atoms with Crippen molar-refractivity contribution in [2.75, 3.05) is 17.1 Å². The van der Waals surface area contributed by atoms with E-state index in [1.165, 1.54) is 23.1 Å². The maximum absolute atomic E-state index is 14.0. The molecule has 1 aliphatic rings. The molecular weight excluding hydrogens is 517 g/mol. The third kappa shape index (κ3) is 7.89. The van der Waals surface area contributed by atoms with Crippen LogP contribution < -0.4 is 9.62 Å². The SMILES string of the molecule is CS(=O)(=O)N(CC(=O)N(Cc1ccccc1)[C@H](Cc1ccccc1)C(=O)NC1CCCC1)c1cccc(F)c1. The summed E-state index contributed by atoms with van der Waals surface area (Å²) < 4.78 is 40.4. The van der Waals surface area contributed by atoms with Crippen LogP contribution in [0, 0.1) is 5.82 Å². The zero-order chi connectivity index (χ0) is 27.8. The van der Waals surface area contributed by atoms with E-state index in [-0.39, 0.29) is 30.6 Å². The van der Waals surface area contributed by atoms with E-state index in [0.29, 0.717) is 0 Å². The lowest BCUT2D eigenvalue weighted by Gasteiger charge is -2.34. The van der Waals surface area contributed by atoms with Gasteiger partial charge in [0.1, 0.15) is 18.4 Å². The minimum atomic E-state index is -3.94. The summed E-state index contributed by atoms with van der Waals surface area (Å²) in [6, 6.07) is 23.0. The number of hydrogen-bond donors (Lipinski definition) is 1. The molecule has 0 aliphatic heterocycles. The molecule has 1 atom stereocenters. The van der Waals surface area contributed by atoms with Crippen LogP contribution in [-0.4, -0.2) is 50.0 Å². The van der Waals surface area contributed by atoms with Gasteiger partial charge >= 0.3 is 0 Å². The lowest BCUT2D eigenvalue weighted by Crippen LogP contribution is -2.54. The number of nitrogens with zero attached hydrogens (tertiary/aromatic N) is 2. The van der Waals surface area contributed by atoms with Gasteiger partial charge in [0.25, 0.3) is 0 Å². The summed E-state index contributed by atoms with van der Waals surface area (Å²) in [5, 5.41) is 3.13. The number of halogens is 1. The number of carbonyl (C=O) groups is 2. The summed E-state index contributed by atoms with van der Waals surface area (Å²) >= 11 is 0. The Morgan fingerprint density at radius 1 is 0.923 bits per heavy atom. The van der Waals surface area contributed by atoms with Gasteiger partial charge in [-0.05, 0) is 42.2 Å². The van der Waals surface area contributed by atoms with Crippen molar-refractivity contribution in [1.82, 2.24) is 10.2 Å². The molecule has 0 unspecified atom stereocenters. The zero-order valence-electron chi connectivity index (χ0n) is 22.0. The normalized spacial score (nSPS) is 14.5. The van der Waals surface area contributed by atoms with Crippen LogP contribution in [0.1, 0.15) is 36.8 Å². The van der Waals surface area contributed by atoms with Crippen molar-refractivity contribution in [2.45, 2.75) is 50.7 Å². The van der Waals surface area contributed by atoms with Gasteiger partial charge in [-0.1, -0.05) is 79.6 Å². The second kappa shape index (κ2) is 12.9. The topological polar surface area (TPSA) is 86.8 Å². The molecule has 206 valence electrons. The average molecular weight is 552 g/mol. The number of benzene rings is 3. The maximum atomic E-state index is 14.0. The summed E-state index contributed by atoms with van der Waals surface area (Å²) in [6.45, 7) is -0.465. The van der Waals surface area contributed by atoms with Gasteiger partial charge in [0, 0.05) is 19.0 Å². The highest BCUT2D eigenvalue weighted by molar-refractivity contribution is 7.92. The molecule has 0 heterocycles. The molecular formula is C30H34FN3O4S. The highest BCUT2D eigenvalue weighted by atomic mass is 32.2. The fraction of sp³-hybridized carbons (Fsp3) is 0.333. The van der Waals surface area contributed by atoms with Crippen molar-refractivity contribution < 1.29 is 22.4 Å². The van der Waals surface area contributed by atoms with Crippen LogP contribution in [0.15, 0.2) is 84.9 Å². The van der Waals surface area contributed by atoms with E-state index in [1.807, 2.05) is 60.7 Å². The van der Waals surface area contributed by atoms with Crippen molar-refractivity contribution in [3.05, 3.63) is 102 Å². The molecule has 0 saturated heterocycles. The smallest absolute Gasteiger partial charge is 0.244 e. The predicted molar refractivity (Wildman–Crippen MR) is 150 cm³/mol. The average Bonchev–Trinajstić information content (AvgIpc) is 3.42. The summed E-state index contributed by atoms with van der Waals surface area (Å²) in [6.07, 6.45) is 5.09. The van der Waals surface area contributed by atoms with Crippen molar-refractivity contribution in [1.29, 1.82) is 0 Å². The van der Waals surface area contributed by atoms with Crippen molar-refractivity contribution in [2.24, 2.45) is 0 Å². The second-order valence-corrected chi connectivity index (χ2v) is 11.9. The standard InChI is InChI=1S/C30H34FN3O4S/c1-39(37,38)34(27-18-10-15-25(31)20-27)22-29(35)33(21-24-13-6-3-7-14-24)28(19-23-11-4-2-5-12-23)30(36)32-26-16-8-9-17-26/h2-7,10-15,18,20,26,28H,8-9,16-17,19,21-22H2,1H3,(H,32,36)/t28-/m1/s1. The lowest BCUT2D eigenvalue weighted by atomic mass is 10.0. The highest BCUT2D eigenvalue weighted by Crippen LogP contribution is 2.22. The molecule has 4 rings (SSSR count). The number of nitrogens with one attached hydrogen (secondary N) is 1. The molecule has 1 fully saturated rings.